The molecule has 1 amide bonds. The number of hydrogen-bond donors (Lipinski definition) is 1. The summed E-state index contributed by atoms with van der Waals surface area (Å²) < 4.78 is 10.4. The molecule has 0 aromatic heterocycles. The van der Waals surface area contributed by atoms with E-state index >= 15 is 0 Å². The second kappa shape index (κ2) is 10.3. The lowest BCUT2D eigenvalue weighted by Gasteiger charge is -2.09. The fourth-order valence-electron chi connectivity index (χ4n) is 2.28. The van der Waals surface area contributed by atoms with Gasteiger partial charge in [-0.05, 0) is 47.7 Å². The molecule has 0 aliphatic carbocycles. The van der Waals surface area contributed by atoms with Crippen molar-refractivity contribution in [2.24, 2.45) is 10.2 Å². The smallest absolute Gasteiger partial charge is 0.331 e. The van der Waals surface area contributed by atoms with Crippen LogP contribution < -0.4 is 10.1 Å². The quantitative estimate of drug-likeness (QED) is 0.300. The Balaban J connectivity index is 1.70. The minimum atomic E-state index is -0.626. The monoisotopic (exact) mass is 463 g/mol. The molecule has 1 aliphatic heterocycles. The summed E-state index contributed by atoms with van der Waals surface area (Å²) >= 11 is 13.0. The van der Waals surface area contributed by atoms with E-state index in [9.17, 15) is 9.59 Å². The molecule has 0 spiro atoms. The minimum Gasteiger partial charge on any atom is -0.488 e. The first-order chi connectivity index (χ1) is 14.4. The van der Waals surface area contributed by atoms with Crippen LogP contribution in [0, 0.1) is 0 Å². The lowest BCUT2D eigenvalue weighted by molar-refractivity contribution is -0.135. The Labute approximate surface area is 186 Å². The zero-order chi connectivity index (χ0) is 21.5. The summed E-state index contributed by atoms with van der Waals surface area (Å²) in [5.74, 6) is -0.513. The number of carbonyl (C=O) groups is 2. The van der Waals surface area contributed by atoms with Gasteiger partial charge >= 0.3 is 5.97 Å². The summed E-state index contributed by atoms with van der Waals surface area (Å²) in [6.07, 6.45) is 2.55. The molecule has 2 aromatic carbocycles. The van der Waals surface area contributed by atoms with Crippen molar-refractivity contribution in [1.29, 1.82) is 0 Å². The molecule has 0 atom stereocenters. The number of halogens is 2. The van der Waals surface area contributed by atoms with Crippen LogP contribution in [-0.2, 0) is 20.9 Å². The molecule has 0 radical (unpaired) electrons. The molecular weight excluding hydrogens is 449 g/mol. The molecule has 0 saturated carbocycles. The van der Waals surface area contributed by atoms with E-state index in [4.69, 9.17) is 27.9 Å². The van der Waals surface area contributed by atoms with Crippen molar-refractivity contribution in [2.45, 2.75) is 6.61 Å². The fraction of sp³-hybridized carbons (Fsp3) is 0.100. The average Bonchev–Trinajstić information content (AvgIpc) is 3.07. The van der Waals surface area contributed by atoms with E-state index in [0.29, 0.717) is 28.0 Å². The second-order valence-electron chi connectivity index (χ2n) is 5.83. The predicted octanol–water partition coefficient (Wildman–Crippen LogP) is 4.18. The number of nitrogens with zero attached hydrogens (tertiary/aromatic N) is 2. The number of rotatable bonds is 6. The molecule has 2 aromatic rings. The van der Waals surface area contributed by atoms with Gasteiger partial charge in [-0.3, -0.25) is 10.1 Å². The van der Waals surface area contributed by atoms with Gasteiger partial charge < -0.3 is 9.47 Å². The van der Waals surface area contributed by atoms with Crippen LogP contribution in [0.4, 0.5) is 0 Å². The first kappa shape index (κ1) is 21.9. The maximum Gasteiger partial charge on any atom is 0.331 e. The highest BCUT2D eigenvalue weighted by atomic mass is 35.5. The Kier molecular flexibility index (Phi) is 7.51. The molecule has 0 unspecified atom stereocenters. The van der Waals surface area contributed by atoms with Crippen molar-refractivity contribution in [3.05, 3.63) is 74.6 Å². The third kappa shape index (κ3) is 6.09. The summed E-state index contributed by atoms with van der Waals surface area (Å²) in [6.45, 7) is 0.335. The van der Waals surface area contributed by atoms with E-state index in [1.54, 1.807) is 30.3 Å². The average molecular weight is 464 g/mol. The van der Waals surface area contributed by atoms with Crippen LogP contribution in [0.2, 0.25) is 10.0 Å². The summed E-state index contributed by atoms with van der Waals surface area (Å²) in [4.78, 5) is 23.3. The van der Waals surface area contributed by atoms with Crippen LogP contribution in [0.15, 0.2) is 63.6 Å². The van der Waals surface area contributed by atoms with Crippen LogP contribution in [0.3, 0.4) is 0 Å². The maximum absolute atomic E-state index is 11.8. The molecule has 7 nitrogen and oxygen atoms in total. The molecule has 1 saturated heterocycles. The predicted molar refractivity (Wildman–Crippen MR) is 118 cm³/mol. The summed E-state index contributed by atoms with van der Waals surface area (Å²) in [6, 6.07) is 12.4. The van der Waals surface area contributed by atoms with Gasteiger partial charge in [0.1, 0.15) is 12.4 Å². The van der Waals surface area contributed by atoms with Gasteiger partial charge in [-0.25, -0.2) is 4.79 Å². The first-order valence-electron chi connectivity index (χ1n) is 8.51. The molecule has 0 bridgehead atoms. The van der Waals surface area contributed by atoms with Gasteiger partial charge in [0, 0.05) is 21.7 Å². The highest BCUT2D eigenvalue weighted by Gasteiger charge is 2.25. The zero-order valence-corrected chi connectivity index (χ0v) is 17.9. The van der Waals surface area contributed by atoms with E-state index in [1.807, 2.05) is 12.1 Å². The van der Waals surface area contributed by atoms with Gasteiger partial charge in [0.25, 0.3) is 5.91 Å². The fourth-order valence-corrected chi connectivity index (χ4v) is 3.32. The van der Waals surface area contributed by atoms with E-state index < -0.39 is 11.9 Å². The third-order valence-electron chi connectivity index (χ3n) is 3.73. The summed E-state index contributed by atoms with van der Waals surface area (Å²) in [7, 11) is 1.23. The second-order valence-corrected chi connectivity index (χ2v) is 7.74. The largest absolute Gasteiger partial charge is 0.488 e. The standard InChI is InChI=1S/C20H15Cl2N3O4S/c1-28-18(26)9-17-19(27)24-20(30-17)25-23-10-13-8-15(22)6-7-16(13)29-11-12-2-4-14(21)5-3-12/h2-10H,11H2,1H3,(H,24,25,27)/b17-9+,23-10?. The highest BCUT2D eigenvalue weighted by molar-refractivity contribution is 8.18. The van der Waals surface area contributed by atoms with E-state index in [-0.39, 0.29) is 10.1 Å². The Morgan fingerprint density at radius 3 is 2.63 bits per heavy atom. The number of amidine groups is 1. The van der Waals surface area contributed by atoms with Crippen LogP contribution in [0.5, 0.6) is 5.75 Å². The first-order valence-corrected chi connectivity index (χ1v) is 10.1. The number of methoxy groups -OCH3 is 1. The molecule has 1 aliphatic rings. The Hall–Kier alpha value is -2.81. The Morgan fingerprint density at radius 2 is 1.90 bits per heavy atom. The van der Waals surface area contributed by atoms with Crippen LogP contribution in [0.25, 0.3) is 0 Å². The topological polar surface area (TPSA) is 89.3 Å². The summed E-state index contributed by atoms with van der Waals surface area (Å²) in [5.41, 5.74) is 1.56. The van der Waals surface area contributed by atoms with Crippen molar-refractivity contribution in [3.63, 3.8) is 0 Å². The molecule has 1 heterocycles. The van der Waals surface area contributed by atoms with Crippen LogP contribution >= 0.6 is 35.0 Å². The zero-order valence-electron chi connectivity index (χ0n) is 15.6. The van der Waals surface area contributed by atoms with Gasteiger partial charge in [0.2, 0.25) is 0 Å². The lowest BCUT2D eigenvalue weighted by atomic mass is 10.2. The van der Waals surface area contributed by atoms with E-state index in [2.05, 4.69) is 20.3 Å². The Morgan fingerprint density at radius 1 is 1.17 bits per heavy atom. The van der Waals surface area contributed by atoms with Gasteiger partial charge in [-0.2, -0.15) is 5.10 Å². The number of amides is 1. The van der Waals surface area contributed by atoms with Crippen LogP contribution in [-0.4, -0.2) is 30.4 Å². The molecule has 3 rings (SSSR count). The maximum atomic E-state index is 11.8. The van der Waals surface area contributed by atoms with Gasteiger partial charge in [-0.15, -0.1) is 5.10 Å². The molecule has 10 heteroatoms. The van der Waals surface area contributed by atoms with Crippen LogP contribution in [0.1, 0.15) is 11.1 Å². The number of ether oxygens (including phenoxy) is 2. The minimum absolute atomic E-state index is 0.172. The van der Waals surface area contributed by atoms with Gasteiger partial charge in [0.05, 0.1) is 18.2 Å². The number of nitrogens with one attached hydrogen (secondary N) is 1. The molecule has 1 fully saturated rings. The van der Waals surface area contributed by atoms with Crippen molar-refractivity contribution in [3.8, 4) is 5.75 Å². The van der Waals surface area contributed by atoms with Crippen molar-refractivity contribution >= 4 is 58.2 Å². The van der Waals surface area contributed by atoms with E-state index in [1.165, 1.54) is 13.3 Å². The van der Waals surface area contributed by atoms with Gasteiger partial charge in [0.15, 0.2) is 5.17 Å². The van der Waals surface area contributed by atoms with E-state index in [0.717, 1.165) is 23.4 Å². The number of hydrogen-bond acceptors (Lipinski definition) is 7. The lowest BCUT2D eigenvalue weighted by Crippen LogP contribution is -2.19. The number of carbonyl (C=O) groups excluding carboxylic acids is 2. The Bertz CT molecular complexity index is 1050. The molecule has 1 N–H and O–H groups in total. The third-order valence-corrected chi connectivity index (χ3v) is 5.11. The van der Waals surface area contributed by atoms with Crippen molar-refractivity contribution in [1.82, 2.24) is 5.32 Å². The molecular formula is C20H15Cl2N3O4S. The van der Waals surface area contributed by atoms with Crippen molar-refractivity contribution < 1.29 is 19.1 Å². The normalized spacial score (nSPS) is 16.3. The highest BCUT2D eigenvalue weighted by Crippen LogP contribution is 2.25. The number of thioether (sulfide) groups is 1. The SMILES string of the molecule is COC(=O)/C=C1/S/C(=N\N=Cc2cc(Cl)ccc2OCc2ccc(Cl)cc2)NC1=O. The molecule has 30 heavy (non-hydrogen) atoms. The molecule has 154 valence electrons. The number of esters is 1. The van der Waals surface area contributed by atoms with Gasteiger partial charge in [-0.1, -0.05) is 35.3 Å². The number of benzene rings is 2. The summed E-state index contributed by atoms with van der Waals surface area (Å²) in [5, 5.41) is 11.9. The van der Waals surface area contributed by atoms with Crippen molar-refractivity contribution in [2.75, 3.05) is 7.11 Å².